The number of aliphatic hydroxyl groups excluding tert-OH is 1. The number of Topliss-reactive ketones (excluding diaryl/α,β-unsaturated/α-hetero) is 1. The van der Waals surface area contributed by atoms with E-state index < -0.39 is 0 Å². The Morgan fingerprint density at radius 3 is 2.45 bits per heavy atom. The largest absolute Gasteiger partial charge is 0.393 e. The van der Waals surface area contributed by atoms with Crippen LogP contribution in [-0.4, -0.2) is 17.0 Å². The second-order valence-corrected chi connectivity index (χ2v) is 12.6. The minimum atomic E-state index is -0.177. The fourth-order valence-electron chi connectivity index (χ4n) is 9.04. The van der Waals surface area contributed by atoms with Gasteiger partial charge in [-0.05, 0) is 90.8 Å². The van der Waals surface area contributed by atoms with Crippen LogP contribution >= 0.6 is 0 Å². The Hall–Kier alpha value is -0.370. The molecule has 9 atom stereocenters. The number of carbonyl (C=O) groups excluding carboxylic acids is 1. The molecular formula is C27H46O2. The van der Waals surface area contributed by atoms with Crippen LogP contribution in [0.3, 0.4) is 0 Å². The molecule has 29 heavy (non-hydrogen) atoms. The Kier molecular flexibility index (Phi) is 5.99. The second kappa shape index (κ2) is 7.95. The van der Waals surface area contributed by atoms with Crippen molar-refractivity contribution in [2.45, 2.75) is 111 Å². The molecule has 0 saturated heterocycles. The van der Waals surface area contributed by atoms with Crippen LogP contribution in [0.25, 0.3) is 0 Å². The third-order valence-corrected chi connectivity index (χ3v) is 10.7. The van der Waals surface area contributed by atoms with E-state index in [4.69, 9.17) is 0 Å². The number of carbonyl (C=O) groups is 1. The van der Waals surface area contributed by atoms with Gasteiger partial charge < -0.3 is 5.11 Å². The van der Waals surface area contributed by atoms with Crippen molar-refractivity contribution in [1.29, 1.82) is 0 Å². The molecule has 0 aromatic heterocycles. The van der Waals surface area contributed by atoms with Gasteiger partial charge in [-0.25, -0.2) is 0 Å². The quantitative estimate of drug-likeness (QED) is 0.559. The molecule has 0 bridgehead atoms. The van der Waals surface area contributed by atoms with E-state index in [1.165, 1.54) is 44.9 Å². The number of hydrogen-bond donors (Lipinski definition) is 1. The molecule has 0 spiro atoms. The number of rotatable bonds is 5. The lowest BCUT2D eigenvalue weighted by Crippen LogP contribution is -2.58. The topological polar surface area (TPSA) is 37.3 Å². The van der Waals surface area contributed by atoms with Crippen molar-refractivity contribution >= 4 is 5.78 Å². The van der Waals surface area contributed by atoms with Gasteiger partial charge in [-0.3, -0.25) is 4.79 Å². The van der Waals surface area contributed by atoms with Gasteiger partial charge in [-0.15, -0.1) is 0 Å². The Labute approximate surface area is 179 Å². The number of ketones is 1. The smallest absolute Gasteiger partial charge is 0.133 e. The first-order valence-corrected chi connectivity index (χ1v) is 12.9. The molecule has 4 fully saturated rings. The van der Waals surface area contributed by atoms with Gasteiger partial charge in [0, 0.05) is 12.8 Å². The minimum Gasteiger partial charge on any atom is -0.393 e. The first-order chi connectivity index (χ1) is 13.7. The molecule has 9 unspecified atom stereocenters. The monoisotopic (exact) mass is 402 g/mol. The summed E-state index contributed by atoms with van der Waals surface area (Å²) in [5.41, 5.74) is 0.715. The summed E-state index contributed by atoms with van der Waals surface area (Å²) in [5.74, 6) is 5.16. The van der Waals surface area contributed by atoms with E-state index in [9.17, 15) is 9.90 Å². The molecular weight excluding hydrogens is 356 g/mol. The average molecular weight is 403 g/mol. The van der Waals surface area contributed by atoms with Gasteiger partial charge in [0.2, 0.25) is 0 Å². The number of fused-ring (bicyclic) bond motifs is 5. The molecule has 2 nitrogen and oxygen atoms in total. The maximum absolute atomic E-state index is 12.1. The van der Waals surface area contributed by atoms with Gasteiger partial charge in [0.1, 0.15) is 5.78 Å². The van der Waals surface area contributed by atoms with Gasteiger partial charge in [-0.1, -0.05) is 53.9 Å². The van der Waals surface area contributed by atoms with Crippen molar-refractivity contribution in [3.63, 3.8) is 0 Å². The molecule has 4 rings (SSSR count). The van der Waals surface area contributed by atoms with E-state index in [0.717, 1.165) is 43.4 Å². The first kappa shape index (κ1) is 21.8. The van der Waals surface area contributed by atoms with Crippen molar-refractivity contribution in [2.75, 3.05) is 0 Å². The Bertz CT molecular complexity index is 612. The summed E-state index contributed by atoms with van der Waals surface area (Å²) in [6.07, 6.45) is 12.7. The average Bonchev–Trinajstić information content (AvgIpc) is 3.00. The van der Waals surface area contributed by atoms with Crippen molar-refractivity contribution in [2.24, 2.45) is 52.3 Å². The van der Waals surface area contributed by atoms with E-state index in [1.54, 1.807) is 0 Å². The summed E-state index contributed by atoms with van der Waals surface area (Å²) in [7, 11) is 0. The van der Waals surface area contributed by atoms with Crippen LogP contribution in [0.2, 0.25) is 0 Å². The van der Waals surface area contributed by atoms with Crippen LogP contribution in [0.15, 0.2) is 0 Å². The molecule has 0 aliphatic heterocycles. The number of aliphatic hydroxyl groups is 1. The molecule has 4 aliphatic carbocycles. The van der Waals surface area contributed by atoms with E-state index in [2.05, 4.69) is 34.6 Å². The highest BCUT2D eigenvalue weighted by molar-refractivity contribution is 5.79. The van der Waals surface area contributed by atoms with Crippen LogP contribution in [0, 0.1) is 52.3 Å². The summed E-state index contributed by atoms with van der Waals surface area (Å²) in [4.78, 5) is 12.1. The van der Waals surface area contributed by atoms with Crippen molar-refractivity contribution in [1.82, 2.24) is 0 Å². The summed E-state index contributed by atoms with van der Waals surface area (Å²) in [6, 6.07) is 0. The highest BCUT2D eigenvalue weighted by Crippen LogP contribution is 2.68. The Balaban J connectivity index is 1.51. The number of hydrogen-bond acceptors (Lipinski definition) is 2. The van der Waals surface area contributed by atoms with Gasteiger partial charge in [-0.2, -0.15) is 0 Å². The maximum Gasteiger partial charge on any atom is 0.133 e. The van der Waals surface area contributed by atoms with Gasteiger partial charge >= 0.3 is 0 Å². The summed E-state index contributed by atoms with van der Waals surface area (Å²) in [5, 5.41) is 11.3. The third kappa shape index (κ3) is 3.64. The van der Waals surface area contributed by atoms with Crippen molar-refractivity contribution in [3.05, 3.63) is 0 Å². The predicted molar refractivity (Wildman–Crippen MR) is 119 cm³/mol. The van der Waals surface area contributed by atoms with Gasteiger partial charge in [0.05, 0.1) is 6.10 Å². The van der Waals surface area contributed by atoms with Crippen LogP contribution in [0.4, 0.5) is 0 Å². The molecule has 2 heteroatoms. The molecule has 0 amide bonds. The van der Waals surface area contributed by atoms with Crippen molar-refractivity contribution in [3.8, 4) is 0 Å². The van der Waals surface area contributed by atoms with E-state index >= 15 is 0 Å². The fraction of sp³-hybridized carbons (Fsp3) is 0.963. The normalized spacial score (nSPS) is 48.2. The zero-order valence-corrected chi connectivity index (χ0v) is 19.8. The van der Waals surface area contributed by atoms with Crippen LogP contribution in [0.1, 0.15) is 105 Å². The van der Waals surface area contributed by atoms with Crippen LogP contribution < -0.4 is 0 Å². The first-order valence-electron chi connectivity index (χ1n) is 12.9. The second-order valence-electron chi connectivity index (χ2n) is 12.6. The molecule has 0 aromatic carbocycles. The lowest BCUT2D eigenvalue weighted by atomic mass is 9.44. The summed E-state index contributed by atoms with van der Waals surface area (Å²) >= 11 is 0. The van der Waals surface area contributed by atoms with E-state index in [0.29, 0.717) is 40.3 Å². The van der Waals surface area contributed by atoms with Crippen LogP contribution in [-0.2, 0) is 4.79 Å². The third-order valence-electron chi connectivity index (χ3n) is 10.7. The van der Waals surface area contributed by atoms with Gasteiger partial charge in [0.15, 0.2) is 0 Å². The lowest BCUT2D eigenvalue weighted by molar-refractivity contribution is -0.168. The maximum atomic E-state index is 12.1. The molecule has 1 N–H and O–H groups in total. The SMILES string of the molecule is CC(C)CCCC(C)C1CCC2C3C(O)CC4CC(=O)CCC4(C)C3CCC12C. The zero-order valence-electron chi connectivity index (χ0n) is 19.8. The van der Waals surface area contributed by atoms with E-state index in [-0.39, 0.29) is 6.10 Å². The fourth-order valence-corrected chi connectivity index (χ4v) is 9.04. The summed E-state index contributed by atoms with van der Waals surface area (Å²) in [6.45, 7) is 12.3. The van der Waals surface area contributed by atoms with Gasteiger partial charge in [0.25, 0.3) is 0 Å². The molecule has 0 aromatic rings. The summed E-state index contributed by atoms with van der Waals surface area (Å²) < 4.78 is 0. The highest BCUT2D eigenvalue weighted by Gasteiger charge is 2.62. The predicted octanol–water partition coefficient (Wildman–Crippen LogP) is 6.65. The lowest BCUT2D eigenvalue weighted by Gasteiger charge is -2.62. The molecule has 4 aliphatic rings. The molecule has 4 saturated carbocycles. The highest BCUT2D eigenvalue weighted by atomic mass is 16.3. The Morgan fingerprint density at radius 2 is 1.72 bits per heavy atom. The molecule has 0 heterocycles. The minimum absolute atomic E-state index is 0.177. The Morgan fingerprint density at radius 1 is 1.00 bits per heavy atom. The standard InChI is InChI=1S/C27H46O2/c1-17(2)7-6-8-18(3)21-9-10-22-25-23(12-14-27(21,22)5)26(4)13-11-20(28)15-19(26)16-24(25)29/h17-19,21-25,29H,6-16H2,1-5H3. The van der Waals surface area contributed by atoms with Crippen LogP contribution in [0.5, 0.6) is 0 Å². The molecule has 0 radical (unpaired) electrons. The van der Waals surface area contributed by atoms with E-state index in [1.807, 2.05) is 0 Å². The molecule has 166 valence electrons. The van der Waals surface area contributed by atoms with Crippen molar-refractivity contribution < 1.29 is 9.90 Å². The zero-order chi connectivity index (χ0) is 21.0.